The van der Waals surface area contributed by atoms with Gasteiger partial charge in [-0.1, -0.05) is 20.8 Å². The van der Waals surface area contributed by atoms with Gasteiger partial charge in [0.1, 0.15) is 0 Å². The third-order valence-corrected chi connectivity index (χ3v) is 1.52. The largest absolute Gasteiger partial charge is 0.391 e. The molecule has 1 radical (unpaired) electrons. The first kappa shape index (κ1) is 19.4. The average Bonchev–Trinajstić information content (AvgIpc) is 1.55. The molecule has 0 bridgehead atoms. The van der Waals surface area contributed by atoms with Gasteiger partial charge in [-0.05, 0) is 20.8 Å². The summed E-state index contributed by atoms with van der Waals surface area (Å²) in [4.78, 5) is 0. The van der Waals surface area contributed by atoms with Crippen LogP contribution in [0.5, 0.6) is 0 Å². The van der Waals surface area contributed by atoms with Crippen LogP contribution in [0, 0.1) is 0 Å². The van der Waals surface area contributed by atoms with Gasteiger partial charge in [0.05, 0.1) is 5.60 Å². The fourth-order valence-electron chi connectivity index (χ4n) is 0. The van der Waals surface area contributed by atoms with E-state index < -0.39 is 19.3 Å². The normalized spacial score (nSPS) is 11.5. The first-order valence-electron chi connectivity index (χ1n) is 3.79. The molecule has 87 valence electrons. The second kappa shape index (κ2) is 7.11. The topological polar surface area (TPSA) is 20.2 Å². The van der Waals surface area contributed by atoms with Crippen molar-refractivity contribution in [1.82, 2.24) is 0 Å². The molecule has 0 aliphatic heterocycles. The summed E-state index contributed by atoms with van der Waals surface area (Å²) in [5, 5.41) is 7.75. The van der Waals surface area contributed by atoms with Crippen LogP contribution in [0.3, 0.4) is 0 Å². The molecule has 0 aromatic heterocycles. The fraction of sp³-hybridized carbons (Fsp3) is 1.00. The molecule has 0 heterocycles. The van der Waals surface area contributed by atoms with E-state index >= 15 is 0 Å². The molecule has 0 spiro atoms. The van der Waals surface area contributed by atoms with E-state index in [9.17, 15) is 8.39 Å². The van der Waals surface area contributed by atoms with Crippen molar-refractivity contribution in [2.45, 2.75) is 52.3 Å². The van der Waals surface area contributed by atoms with E-state index in [0.29, 0.717) is 0 Å². The van der Waals surface area contributed by atoms with Crippen molar-refractivity contribution >= 4 is 8.54 Å². The zero-order chi connectivity index (χ0) is 10.6. The van der Waals surface area contributed by atoms with E-state index in [1.54, 1.807) is 41.5 Å². The Kier molecular flexibility index (Phi) is 10.6. The third-order valence-electron chi connectivity index (χ3n) is 0.507. The van der Waals surface area contributed by atoms with E-state index in [4.69, 9.17) is 5.11 Å². The molecule has 0 aliphatic carbocycles. The van der Waals surface area contributed by atoms with Crippen molar-refractivity contribution in [3.05, 3.63) is 0 Å². The van der Waals surface area contributed by atoms with Gasteiger partial charge in [0.15, 0.2) is 0 Å². The molecule has 0 saturated carbocycles. The first-order valence-corrected chi connectivity index (χ1v) is 4.91. The standard InChI is InChI=1S/C4H9F2P.C4H10O.Cu/c1-4(2,3)7(5)6;1-4(2,3)5;/h1-3H3;5H,1-3H3;. The fourth-order valence-corrected chi connectivity index (χ4v) is 0. The second-order valence-electron chi connectivity index (χ2n) is 4.57. The molecule has 0 amide bonds. The van der Waals surface area contributed by atoms with E-state index in [-0.39, 0.29) is 17.1 Å². The summed E-state index contributed by atoms with van der Waals surface area (Å²) in [6.45, 7) is 9.85. The van der Waals surface area contributed by atoms with Gasteiger partial charge < -0.3 is 5.11 Å². The molecule has 1 N–H and O–H groups in total. The summed E-state index contributed by atoms with van der Waals surface area (Å²) in [6, 6.07) is 0. The summed E-state index contributed by atoms with van der Waals surface area (Å²) >= 11 is 0. The number of rotatable bonds is 0. The van der Waals surface area contributed by atoms with Gasteiger partial charge in [0.2, 0.25) is 0 Å². The van der Waals surface area contributed by atoms with Crippen molar-refractivity contribution in [3.8, 4) is 0 Å². The van der Waals surface area contributed by atoms with Crippen LogP contribution in [0.2, 0.25) is 0 Å². The molecule has 13 heavy (non-hydrogen) atoms. The predicted molar refractivity (Wildman–Crippen MR) is 50.9 cm³/mol. The van der Waals surface area contributed by atoms with Crippen LogP contribution in [0.1, 0.15) is 41.5 Å². The minimum atomic E-state index is -2.74. The Bertz CT molecular complexity index is 112. The molecule has 0 aromatic carbocycles. The van der Waals surface area contributed by atoms with Crippen molar-refractivity contribution < 1.29 is 30.6 Å². The molecular formula is C8H19CuF2OP. The van der Waals surface area contributed by atoms with E-state index in [2.05, 4.69) is 0 Å². The van der Waals surface area contributed by atoms with E-state index in [0.717, 1.165) is 0 Å². The van der Waals surface area contributed by atoms with Crippen molar-refractivity contribution in [2.75, 3.05) is 0 Å². The monoisotopic (exact) mass is 263 g/mol. The van der Waals surface area contributed by atoms with Gasteiger partial charge in [-0.2, -0.15) is 8.39 Å². The number of aliphatic hydroxyl groups is 1. The van der Waals surface area contributed by atoms with Crippen LogP contribution in [-0.2, 0) is 17.1 Å². The van der Waals surface area contributed by atoms with Crippen LogP contribution in [0.15, 0.2) is 0 Å². The predicted octanol–water partition coefficient (Wildman–Crippen LogP) is 3.81. The Morgan fingerprint density at radius 1 is 0.923 bits per heavy atom. The molecular weight excluding hydrogens is 245 g/mol. The van der Waals surface area contributed by atoms with Gasteiger partial charge in [0, 0.05) is 22.2 Å². The molecule has 5 heteroatoms. The average molecular weight is 264 g/mol. The molecule has 0 atom stereocenters. The van der Waals surface area contributed by atoms with Gasteiger partial charge in [-0.15, -0.1) is 0 Å². The summed E-state index contributed by atoms with van der Waals surface area (Å²) in [6.07, 6.45) is 0. The number of hydrogen-bond acceptors (Lipinski definition) is 1. The van der Waals surface area contributed by atoms with Gasteiger partial charge >= 0.3 is 0 Å². The maximum absolute atomic E-state index is 11.6. The smallest absolute Gasteiger partial charge is 0.271 e. The maximum atomic E-state index is 11.6. The van der Waals surface area contributed by atoms with Crippen LogP contribution < -0.4 is 0 Å². The summed E-state index contributed by atoms with van der Waals surface area (Å²) < 4.78 is 23.2. The summed E-state index contributed by atoms with van der Waals surface area (Å²) in [7, 11) is -2.74. The Balaban J connectivity index is -0.000000150. The Labute approximate surface area is 91.8 Å². The van der Waals surface area contributed by atoms with Crippen molar-refractivity contribution in [1.29, 1.82) is 0 Å². The van der Waals surface area contributed by atoms with Crippen LogP contribution in [0.4, 0.5) is 8.39 Å². The van der Waals surface area contributed by atoms with Crippen LogP contribution in [0.25, 0.3) is 0 Å². The van der Waals surface area contributed by atoms with Crippen molar-refractivity contribution in [3.63, 3.8) is 0 Å². The summed E-state index contributed by atoms with van der Waals surface area (Å²) in [5.74, 6) is 0. The minimum Gasteiger partial charge on any atom is -0.391 e. The van der Waals surface area contributed by atoms with Gasteiger partial charge in [-0.3, -0.25) is 0 Å². The second-order valence-corrected chi connectivity index (χ2v) is 6.38. The molecule has 0 aromatic rings. The number of hydrogen-bond donors (Lipinski definition) is 1. The molecule has 0 saturated heterocycles. The molecule has 1 nitrogen and oxygen atoms in total. The Morgan fingerprint density at radius 3 is 1.00 bits per heavy atom. The SMILES string of the molecule is CC(C)(C)O.CC(C)(C)P(F)F.[Cu]. The quantitative estimate of drug-likeness (QED) is 0.520. The zero-order valence-electron chi connectivity index (χ0n) is 8.95. The molecule has 0 fully saturated rings. The minimum absolute atomic E-state index is 0. The zero-order valence-corrected chi connectivity index (χ0v) is 10.8. The maximum Gasteiger partial charge on any atom is 0.271 e. The van der Waals surface area contributed by atoms with Crippen LogP contribution in [-0.4, -0.2) is 15.9 Å². The van der Waals surface area contributed by atoms with Crippen molar-refractivity contribution in [2.24, 2.45) is 0 Å². The van der Waals surface area contributed by atoms with E-state index in [1.165, 1.54) is 0 Å². The first-order chi connectivity index (χ1) is 4.94. The van der Waals surface area contributed by atoms with Crippen LogP contribution >= 0.6 is 8.54 Å². The Morgan fingerprint density at radius 2 is 1.00 bits per heavy atom. The third kappa shape index (κ3) is 32.3. The van der Waals surface area contributed by atoms with E-state index in [1.807, 2.05) is 0 Å². The number of halogens is 2. The molecule has 0 aliphatic rings. The summed E-state index contributed by atoms with van der Waals surface area (Å²) in [5.41, 5.74) is -0.500. The molecule has 0 rings (SSSR count). The molecule has 0 unspecified atom stereocenters. The Hall–Kier alpha value is 0.769. The van der Waals surface area contributed by atoms with Gasteiger partial charge in [-0.25, -0.2) is 0 Å². The van der Waals surface area contributed by atoms with Gasteiger partial charge in [0.25, 0.3) is 8.54 Å².